The lowest BCUT2D eigenvalue weighted by Crippen LogP contribution is -2.05. The van der Waals surface area contributed by atoms with Gasteiger partial charge in [0.1, 0.15) is 0 Å². The number of hydrogen-bond acceptors (Lipinski definition) is 5. The second-order valence-electron chi connectivity index (χ2n) is 7.16. The topological polar surface area (TPSA) is 57.1 Å². The molecular formula is C26H22ClNO4. The highest BCUT2D eigenvalue weighted by molar-refractivity contribution is 6.32. The lowest BCUT2D eigenvalue weighted by molar-refractivity contribution is -0.129. The van der Waals surface area contributed by atoms with Crippen LogP contribution >= 0.6 is 11.6 Å². The SMILES string of the molecule is CCCOc1c(Cl)cc(/C=C2\N=C(c3ccc(-c4ccccc4)cc3)OC2=O)cc1OC. The summed E-state index contributed by atoms with van der Waals surface area (Å²) in [5.74, 6) is 0.718. The van der Waals surface area contributed by atoms with Gasteiger partial charge in [-0.25, -0.2) is 9.79 Å². The van der Waals surface area contributed by atoms with Crippen molar-refractivity contribution in [3.63, 3.8) is 0 Å². The Morgan fingerprint density at radius 2 is 1.69 bits per heavy atom. The van der Waals surface area contributed by atoms with Crippen LogP contribution in [0.1, 0.15) is 24.5 Å². The van der Waals surface area contributed by atoms with E-state index in [1.54, 1.807) is 25.3 Å². The molecule has 0 saturated heterocycles. The number of nitrogens with zero attached hydrogens (tertiary/aromatic N) is 1. The average Bonchev–Trinajstić information content (AvgIpc) is 3.18. The molecule has 0 aromatic heterocycles. The van der Waals surface area contributed by atoms with E-state index in [-0.39, 0.29) is 11.6 Å². The summed E-state index contributed by atoms with van der Waals surface area (Å²) in [7, 11) is 1.54. The number of methoxy groups -OCH3 is 1. The maximum atomic E-state index is 12.4. The summed E-state index contributed by atoms with van der Waals surface area (Å²) in [4.78, 5) is 16.8. The summed E-state index contributed by atoms with van der Waals surface area (Å²) in [6.45, 7) is 2.54. The zero-order chi connectivity index (χ0) is 22.5. The smallest absolute Gasteiger partial charge is 0.363 e. The molecule has 0 atom stereocenters. The van der Waals surface area contributed by atoms with E-state index in [1.165, 1.54) is 0 Å². The third kappa shape index (κ3) is 4.68. The van der Waals surface area contributed by atoms with Crippen molar-refractivity contribution in [2.24, 2.45) is 4.99 Å². The first-order chi connectivity index (χ1) is 15.6. The Hall–Kier alpha value is -3.57. The van der Waals surface area contributed by atoms with Crippen LogP contribution in [0.4, 0.5) is 0 Å². The first-order valence-electron chi connectivity index (χ1n) is 10.3. The average molecular weight is 448 g/mol. The molecule has 6 heteroatoms. The number of esters is 1. The van der Waals surface area contributed by atoms with Gasteiger partial charge in [-0.15, -0.1) is 0 Å². The third-order valence-corrected chi connectivity index (χ3v) is 5.15. The second kappa shape index (κ2) is 9.71. The Kier molecular flexibility index (Phi) is 6.57. The summed E-state index contributed by atoms with van der Waals surface area (Å²) in [5, 5.41) is 0.400. The van der Waals surface area contributed by atoms with Crippen LogP contribution in [0, 0.1) is 0 Å². The van der Waals surface area contributed by atoms with Crippen LogP contribution in [0.25, 0.3) is 17.2 Å². The highest BCUT2D eigenvalue weighted by Crippen LogP contribution is 2.37. The largest absolute Gasteiger partial charge is 0.493 e. The van der Waals surface area contributed by atoms with Crippen LogP contribution in [0.5, 0.6) is 11.5 Å². The van der Waals surface area contributed by atoms with Crippen LogP contribution in [-0.2, 0) is 9.53 Å². The van der Waals surface area contributed by atoms with E-state index < -0.39 is 5.97 Å². The Morgan fingerprint density at radius 1 is 1.00 bits per heavy atom. The molecule has 32 heavy (non-hydrogen) atoms. The fraction of sp³-hybridized carbons (Fsp3) is 0.154. The summed E-state index contributed by atoms with van der Waals surface area (Å²) >= 11 is 6.37. The zero-order valence-electron chi connectivity index (χ0n) is 17.8. The van der Waals surface area contributed by atoms with E-state index >= 15 is 0 Å². The number of cyclic esters (lactones) is 1. The number of halogens is 1. The van der Waals surface area contributed by atoms with E-state index in [9.17, 15) is 4.79 Å². The molecule has 1 aliphatic rings. The van der Waals surface area contributed by atoms with Gasteiger partial charge in [0.25, 0.3) is 0 Å². The fourth-order valence-electron chi connectivity index (χ4n) is 3.29. The predicted octanol–water partition coefficient (Wildman–Crippen LogP) is 6.15. The van der Waals surface area contributed by atoms with Gasteiger partial charge < -0.3 is 14.2 Å². The monoisotopic (exact) mass is 447 g/mol. The van der Waals surface area contributed by atoms with Gasteiger partial charge >= 0.3 is 5.97 Å². The van der Waals surface area contributed by atoms with Crippen molar-refractivity contribution < 1.29 is 19.0 Å². The Balaban J connectivity index is 1.59. The van der Waals surface area contributed by atoms with Crippen LogP contribution in [0.3, 0.4) is 0 Å². The van der Waals surface area contributed by atoms with Crippen LogP contribution in [0.15, 0.2) is 77.4 Å². The van der Waals surface area contributed by atoms with E-state index in [2.05, 4.69) is 4.99 Å². The van der Waals surface area contributed by atoms with E-state index in [4.69, 9.17) is 25.8 Å². The summed E-state index contributed by atoms with van der Waals surface area (Å²) in [6.07, 6.45) is 2.46. The first kappa shape index (κ1) is 21.7. The molecule has 162 valence electrons. The van der Waals surface area contributed by atoms with Crippen molar-refractivity contribution in [2.75, 3.05) is 13.7 Å². The van der Waals surface area contributed by atoms with Crippen molar-refractivity contribution in [1.29, 1.82) is 0 Å². The quantitative estimate of drug-likeness (QED) is 0.322. The molecule has 4 rings (SSSR count). The molecule has 0 spiro atoms. The van der Waals surface area contributed by atoms with Crippen molar-refractivity contribution in [3.05, 3.63) is 88.6 Å². The molecule has 0 saturated carbocycles. The number of ether oxygens (including phenoxy) is 3. The van der Waals surface area contributed by atoms with Gasteiger partial charge in [-0.1, -0.05) is 61.0 Å². The second-order valence-corrected chi connectivity index (χ2v) is 7.57. The molecule has 0 radical (unpaired) electrons. The number of hydrogen-bond donors (Lipinski definition) is 0. The fourth-order valence-corrected chi connectivity index (χ4v) is 3.57. The predicted molar refractivity (Wildman–Crippen MR) is 126 cm³/mol. The summed E-state index contributed by atoms with van der Waals surface area (Å²) < 4.78 is 16.5. The minimum atomic E-state index is -0.520. The number of carbonyl (C=O) groups excluding carboxylic acids is 1. The highest BCUT2D eigenvalue weighted by atomic mass is 35.5. The van der Waals surface area contributed by atoms with Gasteiger partial charge in [-0.2, -0.15) is 0 Å². The molecular weight excluding hydrogens is 426 g/mol. The normalized spacial score (nSPS) is 14.3. The van der Waals surface area contributed by atoms with Gasteiger partial charge in [-0.3, -0.25) is 0 Å². The Labute approximate surface area is 191 Å². The first-order valence-corrected chi connectivity index (χ1v) is 10.7. The minimum absolute atomic E-state index is 0.187. The van der Waals surface area contributed by atoms with Gasteiger partial charge in [0.05, 0.1) is 18.7 Å². The van der Waals surface area contributed by atoms with E-state index in [1.807, 2.05) is 61.5 Å². The maximum absolute atomic E-state index is 12.4. The van der Waals surface area contributed by atoms with Crippen molar-refractivity contribution >= 4 is 29.5 Å². The van der Waals surface area contributed by atoms with Crippen LogP contribution in [-0.4, -0.2) is 25.6 Å². The number of carbonyl (C=O) groups is 1. The highest BCUT2D eigenvalue weighted by Gasteiger charge is 2.24. The van der Waals surface area contributed by atoms with Crippen LogP contribution < -0.4 is 9.47 Å². The molecule has 0 N–H and O–H groups in total. The summed E-state index contributed by atoms with van der Waals surface area (Å²) in [5.41, 5.74) is 3.75. The van der Waals surface area contributed by atoms with Crippen molar-refractivity contribution in [3.8, 4) is 22.6 Å². The third-order valence-electron chi connectivity index (χ3n) is 4.87. The number of benzene rings is 3. The molecule has 1 heterocycles. The van der Waals surface area contributed by atoms with Gasteiger partial charge in [-0.05, 0) is 53.5 Å². The lowest BCUT2D eigenvalue weighted by Gasteiger charge is -2.12. The molecule has 0 fully saturated rings. The van der Waals surface area contributed by atoms with Gasteiger partial charge in [0.2, 0.25) is 5.90 Å². The van der Waals surface area contributed by atoms with Crippen molar-refractivity contribution in [1.82, 2.24) is 0 Å². The molecule has 3 aromatic carbocycles. The number of rotatable bonds is 7. The Bertz CT molecular complexity index is 1180. The molecule has 0 unspecified atom stereocenters. The molecule has 1 aliphatic heterocycles. The van der Waals surface area contributed by atoms with E-state index in [0.29, 0.717) is 28.7 Å². The molecule has 0 amide bonds. The van der Waals surface area contributed by atoms with Gasteiger partial charge in [0, 0.05) is 5.56 Å². The van der Waals surface area contributed by atoms with Crippen LogP contribution in [0.2, 0.25) is 5.02 Å². The minimum Gasteiger partial charge on any atom is -0.493 e. The molecule has 3 aromatic rings. The standard InChI is InChI=1S/C26H22ClNO4/c1-3-13-31-24-21(27)14-17(16-23(24)30-2)15-22-26(29)32-25(28-22)20-11-9-19(10-12-20)18-7-5-4-6-8-18/h4-12,14-16H,3,13H2,1-2H3/b22-15-. The van der Waals surface area contributed by atoms with Gasteiger partial charge in [0.15, 0.2) is 17.2 Å². The van der Waals surface area contributed by atoms with E-state index in [0.717, 1.165) is 23.1 Å². The molecule has 0 bridgehead atoms. The Morgan fingerprint density at radius 3 is 2.38 bits per heavy atom. The molecule has 0 aliphatic carbocycles. The van der Waals surface area contributed by atoms with Crippen molar-refractivity contribution in [2.45, 2.75) is 13.3 Å². The molecule has 5 nitrogen and oxygen atoms in total. The maximum Gasteiger partial charge on any atom is 0.363 e. The summed E-state index contributed by atoms with van der Waals surface area (Å²) in [6, 6.07) is 21.2. The number of aliphatic imine (C=N–C) groups is 1. The zero-order valence-corrected chi connectivity index (χ0v) is 18.6. The lowest BCUT2D eigenvalue weighted by atomic mass is 10.0.